The molecule has 0 aromatic carbocycles. The number of aromatic nitrogens is 4. The van der Waals surface area contributed by atoms with Gasteiger partial charge in [-0.1, -0.05) is 6.92 Å². The van der Waals surface area contributed by atoms with E-state index in [-0.39, 0.29) is 0 Å². The van der Waals surface area contributed by atoms with Gasteiger partial charge in [-0.05, 0) is 27.2 Å². The Morgan fingerprint density at radius 2 is 1.90 bits per heavy atom. The summed E-state index contributed by atoms with van der Waals surface area (Å²) in [6.07, 6.45) is 1.05. The zero-order valence-electron chi connectivity index (χ0n) is 13.5. The van der Waals surface area contributed by atoms with E-state index in [9.17, 15) is 0 Å². The van der Waals surface area contributed by atoms with Gasteiger partial charge in [0.1, 0.15) is 5.82 Å². The fourth-order valence-corrected chi connectivity index (χ4v) is 2.23. The number of rotatable bonds is 6. The molecule has 0 spiro atoms. The third-order valence-electron chi connectivity index (χ3n) is 3.49. The number of hydrogen-bond donors (Lipinski definition) is 2. The average Bonchev–Trinajstić information content (AvgIpc) is 2.67. The van der Waals surface area contributed by atoms with E-state index in [0.29, 0.717) is 5.95 Å². The molecule has 6 heteroatoms. The summed E-state index contributed by atoms with van der Waals surface area (Å²) in [4.78, 5) is 8.88. The highest BCUT2D eigenvalue weighted by atomic mass is 15.3. The van der Waals surface area contributed by atoms with Crippen LogP contribution in [0.2, 0.25) is 0 Å². The van der Waals surface area contributed by atoms with E-state index >= 15 is 0 Å². The molecule has 2 N–H and O–H groups in total. The summed E-state index contributed by atoms with van der Waals surface area (Å²) < 4.78 is 1.91. The predicted molar refractivity (Wildman–Crippen MR) is 85.6 cm³/mol. The normalized spacial score (nSPS) is 10.7. The van der Waals surface area contributed by atoms with Crippen LogP contribution < -0.4 is 10.6 Å². The molecule has 2 rings (SSSR count). The van der Waals surface area contributed by atoms with Gasteiger partial charge in [0.15, 0.2) is 0 Å². The summed E-state index contributed by atoms with van der Waals surface area (Å²) in [5.74, 6) is 1.52. The summed E-state index contributed by atoms with van der Waals surface area (Å²) in [7, 11) is 1.97. The van der Waals surface area contributed by atoms with Gasteiger partial charge in [-0.25, -0.2) is 4.98 Å². The quantitative estimate of drug-likeness (QED) is 0.855. The predicted octanol–water partition coefficient (Wildman–Crippen LogP) is 2.57. The molecule has 0 saturated carbocycles. The minimum absolute atomic E-state index is 0.680. The van der Waals surface area contributed by atoms with E-state index < -0.39 is 0 Å². The van der Waals surface area contributed by atoms with Crippen molar-refractivity contribution in [2.75, 3.05) is 17.2 Å². The minimum atomic E-state index is 0.680. The highest BCUT2D eigenvalue weighted by Crippen LogP contribution is 2.15. The van der Waals surface area contributed by atoms with Crippen LogP contribution in [0.5, 0.6) is 0 Å². The molecule has 2 aromatic heterocycles. The topological polar surface area (TPSA) is 67.7 Å². The van der Waals surface area contributed by atoms with Crippen molar-refractivity contribution in [2.24, 2.45) is 7.05 Å². The highest BCUT2D eigenvalue weighted by Gasteiger charge is 2.09. The van der Waals surface area contributed by atoms with Crippen molar-refractivity contribution in [1.29, 1.82) is 0 Å². The fourth-order valence-electron chi connectivity index (χ4n) is 2.23. The Labute approximate surface area is 126 Å². The van der Waals surface area contributed by atoms with E-state index in [1.165, 1.54) is 11.3 Å². The first-order valence-electron chi connectivity index (χ1n) is 7.33. The standard InChI is InChI=1S/C15H24N6/c1-6-7-16-15-18-10(2)8-14(19-15)17-9-13-11(3)20-21(5)12(13)4/h8H,6-7,9H2,1-5H3,(H2,16,17,18,19). The minimum Gasteiger partial charge on any atom is -0.366 e. The van der Waals surface area contributed by atoms with Gasteiger partial charge in [0.25, 0.3) is 0 Å². The number of hydrogen-bond acceptors (Lipinski definition) is 5. The Morgan fingerprint density at radius 1 is 1.14 bits per heavy atom. The largest absolute Gasteiger partial charge is 0.366 e. The van der Waals surface area contributed by atoms with Crippen molar-refractivity contribution < 1.29 is 0 Å². The van der Waals surface area contributed by atoms with Crippen LogP contribution in [0.1, 0.15) is 36.0 Å². The molecule has 21 heavy (non-hydrogen) atoms. The van der Waals surface area contributed by atoms with Crippen molar-refractivity contribution in [1.82, 2.24) is 19.7 Å². The van der Waals surface area contributed by atoms with Crippen LogP contribution >= 0.6 is 0 Å². The van der Waals surface area contributed by atoms with Gasteiger partial charge >= 0.3 is 0 Å². The monoisotopic (exact) mass is 288 g/mol. The van der Waals surface area contributed by atoms with Crippen molar-refractivity contribution in [2.45, 2.75) is 40.7 Å². The molecule has 0 aliphatic carbocycles. The summed E-state index contributed by atoms with van der Waals surface area (Å²) in [6.45, 7) is 9.80. The molecule has 0 fully saturated rings. The Bertz CT molecular complexity index is 617. The van der Waals surface area contributed by atoms with Crippen molar-refractivity contribution in [3.63, 3.8) is 0 Å². The van der Waals surface area contributed by atoms with Crippen LogP contribution in [0.25, 0.3) is 0 Å². The van der Waals surface area contributed by atoms with Gasteiger partial charge in [-0.15, -0.1) is 0 Å². The SMILES string of the molecule is CCCNc1nc(C)cc(NCc2c(C)nn(C)c2C)n1. The lowest BCUT2D eigenvalue weighted by molar-refractivity contribution is 0.730. The summed E-state index contributed by atoms with van der Waals surface area (Å²) in [5, 5.41) is 11.0. The second-order valence-corrected chi connectivity index (χ2v) is 5.27. The third-order valence-corrected chi connectivity index (χ3v) is 3.49. The maximum Gasteiger partial charge on any atom is 0.224 e. The molecule has 0 saturated heterocycles. The smallest absolute Gasteiger partial charge is 0.224 e. The molecular weight excluding hydrogens is 264 g/mol. The van der Waals surface area contributed by atoms with Crippen LogP contribution in [0.15, 0.2) is 6.07 Å². The number of anilines is 2. The zero-order chi connectivity index (χ0) is 15.4. The Hall–Kier alpha value is -2.11. The van der Waals surface area contributed by atoms with E-state index in [0.717, 1.165) is 36.7 Å². The number of nitrogens with one attached hydrogen (secondary N) is 2. The molecule has 0 atom stereocenters. The van der Waals surface area contributed by atoms with Crippen molar-refractivity contribution in [3.8, 4) is 0 Å². The number of nitrogens with zero attached hydrogens (tertiary/aromatic N) is 4. The molecule has 0 aliphatic heterocycles. The summed E-state index contributed by atoms with van der Waals surface area (Å²) in [6, 6.07) is 1.96. The van der Waals surface area contributed by atoms with E-state index in [2.05, 4.69) is 39.5 Å². The molecule has 0 unspecified atom stereocenters. The van der Waals surface area contributed by atoms with Crippen LogP contribution in [0.4, 0.5) is 11.8 Å². The molecule has 0 bridgehead atoms. The summed E-state index contributed by atoms with van der Waals surface area (Å²) >= 11 is 0. The molecule has 2 heterocycles. The Morgan fingerprint density at radius 3 is 2.52 bits per heavy atom. The van der Waals surface area contributed by atoms with Gasteiger partial charge in [0.2, 0.25) is 5.95 Å². The third kappa shape index (κ3) is 3.71. The van der Waals surface area contributed by atoms with Gasteiger partial charge < -0.3 is 10.6 Å². The molecule has 6 nitrogen and oxygen atoms in total. The lowest BCUT2D eigenvalue weighted by atomic mass is 10.2. The molecule has 0 radical (unpaired) electrons. The van der Waals surface area contributed by atoms with Gasteiger partial charge in [-0.3, -0.25) is 4.68 Å². The highest BCUT2D eigenvalue weighted by molar-refractivity contribution is 5.43. The van der Waals surface area contributed by atoms with Crippen LogP contribution in [-0.2, 0) is 13.6 Å². The second kappa shape index (κ2) is 6.56. The van der Waals surface area contributed by atoms with Gasteiger partial charge in [-0.2, -0.15) is 10.1 Å². The van der Waals surface area contributed by atoms with Crippen molar-refractivity contribution >= 4 is 11.8 Å². The van der Waals surface area contributed by atoms with Crippen LogP contribution in [0, 0.1) is 20.8 Å². The molecule has 2 aromatic rings. The van der Waals surface area contributed by atoms with Crippen LogP contribution in [-0.4, -0.2) is 26.3 Å². The molecule has 114 valence electrons. The lowest BCUT2D eigenvalue weighted by Gasteiger charge is -2.10. The fraction of sp³-hybridized carbons (Fsp3) is 0.533. The first-order valence-corrected chi connectivity index (χ1v) is 7.33. The molecule has 0 aliphatic rings. The first-order chi connectivity index (χ1) is 10.0. The molecule has 0 amide bonds. The van der Waals surface area contributed by atoms with Crippen LogP contribution in [0.3, 0.4) is 0 Å². The zero-order valence-corrected chi connectivity index (χ0v) is 13.5. The maximum absolute atomic E-state index is 4.49. The Kier molecular flexibility index (Phi) is 4.77. The van der Waals surface area contributed by atoms with Gasteiger partial charge in [0, 0.05) is 43.2 Å². The Balaban J connectivity index is 2.10. The number of aryl methyl sites for hydroxylation is 3. The lowest BCUT2D eigenvalue weighted by Crippen LogP contribution is -2.09. The van der Waals surface area contributed by atoms with E-state index in [1.54, 1.807) is 0 Å². The van der Waals surface area contributed by atoms with Gasteiger partial charge in [0.05, 0.1) is 5.69 Å². The van der Waals surface area contributed by atoms with E-state index in [1.807, 2.05) is 31.6 Å². The van der Waals surface area contributed by atoms with E-state index in [4.69, 9.17) is 0 Å². The average molecular weight is 288 g/mol. The second-order valence-electron chi connectivity index (χ2n) is 5.27. The first kappa shape index (κ1) is 15.3. The summed E-state index contributed by atoms with van der Waals surface area (Å²) in [5.41, 5.74) is 4.40. The maximum atomic E-state index is 4.49. The molecular formula is C15H24N6. The van der Waals surface area contributed by atoms with Crippen molar-refractivity contribution in [3.05, 3.63) is 28.7 Å².